The second-order valence-electron chi connectivity index (χ2n) is 5.13. The molecule has 1 aliphatic rings. The first-order valence-electron chi connectivity index (χ1n) is 7.02. The number of aliphatic imine (C=N–C) groups is 1. The molecule has 0 saturated heterocycles. The van der Waals surface area contributed by atoms with E-state index in [1.807, 2.05) is 0 Å². The Bertz CT molecular complexity index is 862. The van der Waals surface area contributed by atoms with Crippen LogP contribution in [0.5, 0.6) is 0 Å². The predicted molar refractivity (Wildman–Crippen MR) is 88.9 cm³/mol. The van der Waals surface area contributed by atoms with Crippen molar-refractivity contribution in [3.8, 4) is 0 Å². The maximum Gasteiger partial charge on any atom is 0.199 e. The predicted octanol–water partition coefficient (Wildman–Crippen LogP) is 3.75. The number of carbonyl (C=O) groups excluding carboxylic acids is 1. The molecule has 23 heavy (non-hydrogen) atoms. The van der Waals surface area contributed by atoms with Crippen molar-refractivity contribution in [1.29, 1.82) is 0 Å². The molecular formula is C18H14N2O3. The quantitative estimate of drug-likeness (QED) is 0.514. The van der Waals surface area contributed by atoms with E-state index < -0.39 is 0 Å². The number of aliphatic hydroxyl groups excluding tert-OH is 1. The molecule has 0 amide bonds. The van der Waals surface area contributed by atoms with Crippen LogP contribution in [0.15, 0.2) is 64.3 Å². The summed E-state index contributed by atoms with van der Waals surface area (Å²) >= 11 is 0. The lowest BCUT2D eigenvalue weighted by atomic mass is 10.1. The summed E-state index contributed by atoms with van der Waals surface area (Å²) in [5.74, 6) is -0.282. The van der Waals surface area contributed by atoms with Crippen LogP contribution in [0.3, 0.4) is 0 Å². The third-order valence-corrected chi connectivity index (χ3v) is 3.70. The number of Topliss-reactive ketones (excluding diaryl/α,β-unsaturated/α-hetero) is 1. The first-order chi connectivity index (χ1) is 11.1. The van der Waals surface area contributed by atoms with Gasteiger partial charge in [0.25, 0.3) is 0 Å². The van der Waals surface area contributed by atoms with E-state index in [1.54, 1.807) is 55.5 Å². The first kappa shape index (κ1) is 14.7. The van der Waals surface area contributed by atoms with E-state index in [0.717, 1.165) is 5.56 Å². The zero-order valence-corrected chi connectivity index (χ0v) is 12.4. The molecule has 0 saturated carbocycles. The van der Waals surface area contributed by atoms with Crippen LogP contribution in [-0.4, -0.2) is 28.0 Å². The summed E-state index contributed by atoms with van der Waals surface area (Å²) < 4.78 is 0. The van der Waals surface area contributed by atoms with Crippen LogP contribution in [0.4, 0.5) is 5.69 Å². The third-order valence-electron chi connectivity index (χ3n) is 3.70. The first-order valence-corrected chi connectivity index (χ1v) is 7.02. The summed E-state index contributed by atoms with van der Waals surface area (Å²) in [6, 6.07) is 13.9. The number of ketones is 1. The molecule has 0 aliphatic heterocycles. The molecule has 0 spiro atoms. The second kappa shape index (κ2) is 5.88. The number of nitrogens with zero attached hydrogens (tertiary/aromatic N) is 2. The molecular weight excluding hydrogens is 292 g/mol. The highest BCUT2D eigenvalue weighted by molar-refractivity contribution is 6.30. The van der Waals surface area contributed by atoms with Crippen molar-refractivity contribution in [2.24, 2.45) is 10.1 Å². The van der Waals surface area contributed by atoms with E-state index in [1.165, 1.54) is 6.21 Å². The van der Waals surface area contributed by atoms with Crippen molar-refractivity contribution in [3.63, 3.8) is 0 Å². The molecule has 0 fully saturated rings. The minimum absolute atomic E-state index is 0.0470. The zero-order chi connectivity index (χ0) is 16.4. The van der Waals surface area contributed by atoms with Crippen molar-refractivity contribution in [1.82, 2.24) is 0 Å². The van der Waals surface area contributed by atoms with Gasteiger partial charge in [0, 0.05) is 17.3 Å². The summed E-state index contributed by atoms with van der Waals surface area (Å²) in [7, 11) is 0. The molecule has 5 heteroatoms. The van der Waals surface area contributed by atoms with Crippen molar-refractivity contribution >= 4 is 29.2 Å². The number of aliphatic hydroxyl groups is 1. The van der Waals surface area contributed by atoms with Crippen LogP contribution in [0.1, 0.15) is 28.4 Å². The van der Waals surface area contributed by atoms with Crippen molar-refractivity contribution in [3.05, 3.63) is 70.8 Å². The SMILES string of the molecule is C/C(=N\O)c1ccc(N=CC2=C(O)c3ccccc3C2=O)cc1. The summed E-state index contributed by atoms with van der Waals surface area (Å²) in [5.41, 5.74) is 3.10. The van der Waals surface area contributed by atoms with Gasteiger partial charge in [0.1, 0.15) is 5.76 Å². The smallest absolute Gasteiger partial charge is 0.199 e. The van der Waals surface area contributed by atoms with Gasteiger partial charge in [-0.3, -0.25) is 9.79 Å². The van der Waals surface area contributed by atoms with Crippen LogP contribution in [0.25, 0.3) is 5.76 Å². The van der Waals surface area contributed by atoms with Crippen molar-refractivity contribution in [2.75, 3.05) is 0 Å². The van der Waals surface area contributed by atoms with Crippen molar-refractivity contribution < 1.29 is 15.1 Å². The van der Waals surface area contributed by atoms with Gasteiger partial charge in [-0.25, -0.2) is 0 Å². The largest absolute Gasteiger partial charge is 0.506 e. The summed E-state index contributed by atoms with van der Waals surface area (Å²) in [6.07, 6.45) is 1.37. The standard InChI is InChI=1S/C18H14N2O3/c1-11(20-23)12-6-8-13(9-7-12)19-10-16-17(21)14-4-2-3-5-15(14)18(16)22/h2-10,21,23H,1H3/b19-10?,20-11+. The zero-order valence-electron chi connectivity index (χ0n) is 12.4. The molecule has 3 rings (SSSR count). The summed E-state index contributed by atoms with van der Waals surface area (Å²) in [4.78, 5) is 16.5. The molecule has 0 bridgehead atoms. The van der Waals surface area contributed by atoms with Gasteiger partial charge in [-0.15, -0.1) is 0 Å². The van der Waals surface area contributed by atoms with Gasteiger partial charge in [-0.2, -0.15) is 0 Å². The fraction of sp³-hybridized carbons (Fsp3) is 0.0556. The Labute approximate surface area is 132 Å². The van der Waals surface area contributed by atoms with E-state index in [0.29, 0.717) is 22.5 Å². The maximum absolute atomic E-state index is 12.3. The maximum atomic E-state index is 12.3. The Morgan fingerprint density at radius 2 is 1.70 bits per heavy atom. The van der Waals surface area contributed by atoms with Gasteiger partial charge in [0.2, 0.25) is 0 Å². The average molecular weight is 306 g/mol. The number of hydrogen-bond donors (Lipinski definition) is 2. The van der Waals surface area contributed by atoms with Gasteiger partial charge in [0.05, 0.1) is 17.0 Å². The topological polar surface area (TPSA) is 82.2 Å². The Morgan fingerprint density at radius 1 is 1.04 bits per heavy atom. The third kappa shape index (κ3) is 2.64. The molecule has 1 aliphatic carbocycles. The van der Waals surface area contributed by atoms with Crippen LogP contribution >= 0.6 is 0 Å². The van der Waals surface area contributed by atoms with Gasteiger partial charge < -0.3 is 10.3 Å². The van der Waals surface area contributed by atoms with Crippen LogP contribution in [0, 0.1) is 0 Å². The van der Waals surface area contributed by atoms with Crippen LogP contribution < -0.4 is 0 Å². The molecule has 0 unspecified atom stereocenters. The molecule has 2 aromatic rings. The Hall–Kier alpha value is -3.21. The molecule has 5 nitrogen and oxygen atoms in total. The number of rotatable bonds is 3. The van der Waals surface area contributed by atoms with Gasteiger partial charge in [0.15, 0.2) is 5.78 Å². The fourth-order valence-corrected chi connectivity index (χ4v) is 2.39. The number of oxime groups is 1. The van der Waals surface area contributed by atoms with Gasteiger partial charge in [-0.05, 0) is 24.6 Å². The second-order valence-corrected chi connectivity index (χ2v) is 5.13. The molecule has 0 atom stereocenters. The molecule has 0 aromatic heterocycles. The van der Waals surface area contributed by atoms with Crippen LogP contribution in [0.2, 0.25) is 0 Å². The molecule has 0 radical (unpaired) electrons. The number of fused-ring (bicyclic) bond motifs is 1. The lowest BCUT2D eigenvalue weighted by Gasteiger charge is -1.99. The highest BCUT2D eigenvalue weighted by Gasteiger charge is 2.27. The summed E-state index contributed by atoms with van der Waals surface area (Å²) in [5, 5.41) is 22.0. The molecule has 114 valence electrons. The van der Waals surface area contributed by atoms with E-state index >= 15 is 0 Å². The summed E-state index contributed by atoms with van der Waals surface area (Å²) in [6.45, 7) is 1.69. The van der Waals surface area contributed by atoms with Crippen molar-refractivity contribution in [2.45, 2.75) is 6.92 Å². The number of hydrogen-bond acceptors (Lipinski definition) is 5. The monoisotopic (exact) mass is 306 g/mol. The number of allylic oxidation sites excluding steroid dienone is 1. The highest BCUT2D eigenvalue weighted by atomic mass is 16.4. The highest BCUT2D eigenvalue weighted by Crippen LogP contribution is 2.30. The minimum Gasteiger partial charge on any atom is -0.506 e. The van der Waals surface area contributed by atoms with E-state index in [9.17, 15) is 9.90 Å². The average Bonchev–Trinajstić information content (AvgIpc) is 2.84. The van der Waals surface area contributed by atoms with E-state index in [4.69, 9.17) is 5.21 Å². The van der Waals surface area contributed by atoms with Gasteiger partial charge >= 0.3 is 0 Å². The normalized spacial score (nSPS) is 14.7. The lowest BCUT2D eigenvalue weighted by molar-refractivity contribution is 0.104. The van der Waals surface area contributed by atoms with E-state index in [2.05, 4.69) is 10.1 Å². The lowest BCUT2D eigenvalue weighted by Crippen LogP contribution is -1.99. The molecule has 0 heterocycles. The van der Waals surface area contributed by atoms with Crippen LogP contribution in [-0.2, 0) is 0 Å². The van der Waals surface area contributed by atoms with E-state index in [-0.39, 0.29) is 17.1 Å². The Balaban J connectivity index is 1.87. The molecule has 2 N–H and O–H groups in total. The fourth-order valence-electron chi connectivity index (χ4n) is 2.39. The molecule has 2 aromatic carbocycles. The number of carbonyl (C=O) groups is 1. The Kier molecular flexibility index (Phi) is 3.76. The number of benzene rings is 2. The minimum atomic E-state index is -0.235. The Morgan fingerprint density at radius 3 is 2.30 bits per heavy atom. The van der Waals surface area contributed by atoms with Gasteiger partial charge in [-0.1, -0.05) is 41.6 Å².